The maximum Gasteiger partial charge on any atom is 0.229 e. The highest BCUT2D eigenvalue weighted by Gasteiger charge is 2.28. The summed E-state index contributed by atoms with van der Waals surface area (Å²) in [6.07, 6.45) is 6.68. The van der Waals surface area contributed by atoms with Crippen molar-refractivity contribution in [1.82, 2.24) is 44.7 Å². The number of ether oxygens (including phenoxy) is 2. The Morgan fingerprint density at radius 3 is 1.66 bits per heavy atom. The SMILES string of the molecule is Cc1ccc2[nH]ccc2c1-c1nc(N2CCOCC2)c2oc3ncc(CN4CCS(=O)CC4)cc3c2n1.Cc1ccc2c(c1-c1nc(N3CCOCC3)c3oc4ncc(CN5CCS(=O)CC5)cc4c3n1)CCN2. The highest BCUT2D eigenvalue weighted by atomic mass is 32.2. The van der Waals surface area contributed by atoms with Crippen molar-refractivity contribution >= 4 is 94.2 Å². The number of furan rings is 2. The van der Waals surface area contributed by atoms with E-state index in [2.05, 4.69) is 96.2 Å². The zero-order valence-corrected chi connectivity index (χ0v) is 43.3. The summed E-state index contributed by atoms with van der Waals surface area (Å²) in [5, 5.41) is 6.40. The van der Waals surface area contributed by atoms with E-state index in [4.69, 9.17) is 38.2 Å². The second-order valence-electron chi connectivity index (χ2n) is 19.8. The van der Waals surface area contributed by atoms with Crippen LogP contribution >= 0.6 is 0 Å². The smallest absolute Gasteiger partial charge is 0.229 e. The van der Waals surface area contributed by atoms with Crippen molar-refractivity contribution < 1.29 is 26.7 Å². The molecule has 0 saturated carbocycles. The highest BCUT2D eigenvalue weighted by molar-refractivity contribution is 7.85. The topological polar surface area (TPSA) is 197 Å². The Bertz CT molecular complexity index is 3640. The molecule has 20 heteroatoms. The molecule has 2 aromatic carbocycles. The zero-order chi connectivity index (χ0) is 49.9. The Hall–Kier alpha value is -6.42. The lowest BCUT2D eigenvalue weighted by Crippen LogP contribution is -2.37. The van der Waals surface area contributed by atoms with E-state index in [1.807, 2.05) is 18.6 Å². The van der Waals surface area contributed by atoms with Crippen LogP contribution in [0, 0.1) is 13.8 Å². The quantitative estimate of drug-likeness (QED) is 0.162. The van der Waals surface area contributed by atoms with Crippen LogP contribution in [0.4, 0.5) is 17.3 Å². The molecule has 0 atom stereocenters. The zero-order valence-electron chi connectivity index (χ0n) is 41.7. The van der Waals surface area contributed by atoms with Gasteiger partial charge in [0.2, 0.25) is 11.4 Å². The molecule has 382 valence electrons. The minimum atomic E-state index is -0.694. The Morgan fingerprint density at radius 1 is 0.595 bits per heavy atom. The lowest BCUT2D eigenvalue weighted by atomic mass is 9.99. The molecule has 0 spiro atoms. The summed E-state index contributed by atoms with van der Waals surface area (Å²) in [5.41, 5.74) is 14.2. The molecular formula is C54H58N12O6S2. The first kappa shape index (κ1) is 47.3. The number of rotatable bonds is 8. The normalized spacial score (nSPS) is 18.5. The van der Waals surface area contributed by atoms with Crippen LogP contribution < -0.4 is 15.1 Å². The van der Waals surface area contributed by atoms with Gasteiger partial charge in [-0.1, -0.05) is 12.1 Å². The third-order valence-corrected chi connectivity index (χ3v) is 17.5. The van der Waals surface area contributed by atoms with E-state index in [0.29, 0.717) is 54.8 Å². The van der Waals surface area contributed by atoms with Gasteiger partial charge < -0.3 is 38.4 Å². The van der Waals surface area contributed by atoms with Gasteiger partial charge in [0.25, 0.3) is 0 Å². The molecule has 7 aromatic heterocycles. The number of pyridine rings is 2. The Kier molecular flexibility index (Phi) is 12.8. The summed E-state index contributed by atoms with van der Waals surface area (Å²) in [5.74, 6) is 5.94. The molecule has 4 saturated heterocycles. The molecule has 5 aliphatic heterocycles. The molecule has 2 N–H and O–H groups in total. The monoisotopic (exact) mass is 1030 g/mol. The second kappa shape index (κ2) is 20.0. The summed E-state index contributed by atoms with van der Waals surface area (Å²) < 4.78 is 47.4. The number of hydrogen-bond donors (Lipinski definition) is 2. The van der Waals surface area contributed by atoms with Crippen molar-refractivity contribution in [3.05, 3.63) is 88.9 Å². The molecule has 12 heterocycles. The molecule has 4 fully saturated rings. The number of morpholine rings is 2. The predicted octanol–water partition coefficient (Wildman–Crippen LogP) is 6.74. The number of aromatic amines is 1. The van der Waals surface area contributed by atoms with E-state index < -0.39 is 21.6 Å². The molecule has 18 nitrogen and oxygen atoms in total. The van der Waals surface area contributed by atoms with E-state index in [1.165, 1.54) is 16.8 Å². The molecule has 0 bridgehead atoms. The fourth-order valence-electron chi connectivity index (χ4n) is 11.0. The number of aryl methyl sites for hydroxylation is 2. The van der Waals surface area contributed by atoms with E-state index in [0.717, 1.165) is 179 Å². The summed E-state index contributed by atoms with van der Waals surface area (Å²) in [6.45, 7) is 15.7. The highest BCUT2D eigenvalue weighted by Crippen LogP contribution is 2.41. The van der Waals surface area contributed by atoms with Gasteiger partial charge >= 0.3 is 0 Å². The minimum absolute atomic E-state index is 0.566. The van der Waals surface area contributed by atoms with Gasteiger partial charge in [0, 0.05) is 163 Å². The van der Waals surface area contributed by atoms with Gasteiger partial charge in [-0.05, 0) is 78.4 Å². The molecule has 0 unspecified atom stereocenters. The van der Waals surface area contributed by atoms with Crippen molar-refractivity contribution in [1.29, 1.82) is 0 Å². The van der Waals surface area contributed by atoms with Crippen LogP contribution in [0.15, 0.2) is 69.9 Å². The maximum absolute atomic E-state index is 11.8. The van der Waals surface area contributed by atoms with Crippen molar-refractivity contribution in [2.45, 2.75) is 33.4 Å². The molecule has 9 aromatic rings. The van der Waals surface area contributed by atoms with Gasteiger partial charge in [-0.25, -0.2) is 29.9 Å². The number of aromatic nitrogens is 7. The largest absolute Gasteiger partial charge is 0.432 e. The fraction of sp³-hybridized carbons (Fsp3) is 0.407. The van der Waals surface area contributed by atoms with Gasteiger partial charge in [0.1, 0.15) is 11.0 Å². The first-order valence-corrected chi connectivity index (χ1v) is 28.7. The lowest BCUT2D eigenvalue weighted by Gasteiger charge is -2.28. The maximum atomic E-state index is 11.8. The fourth-order valence-corrected chi connectivity index (χ4v) is 13.3. The van der Waals surface area contributed by atoms with E-state index in [1.54, 1.807) is 0 Å². The number of nitrogens with one attached hydrogen (secondary N) is 2. The third-order valence-electron chi connectivity index (χ3n) is 15.0. The van der Waals surface area contributed by atoms with Gasteiger partial charge in [0.05, 0.1) is 37.2 Å². The van der Waals surface area contributed by atoms with Crippen LogP contribution in [0.5, 0.6) is 0 Å². The van der Waals surface area contributed by atoms with Crippen molar-refractivity contribution in [2.75, 3.05) is 123 Å². The number of hydrogen-bond acceptors (Lipinski definition) is 17. The second-order valence-corrected chi connectivity index (χ2v) is 23.2. The number of fused-ring (bicyclic) bond motifs is 8. The van der Waals surface area contributed by atoms with Crippen LogP contribution in [-0.2, 0) is 50.6 Å². The summed E-state index contributed by atoms with van der Waals surface area (Å²) >= 11 is 0. The molecule has 0 amide bonds. The number of nitrogens with zero attached hydrogens (tertiary/aromatic N) is 10. The van der Waals surface area contributed by atoms with Gasteiger partial charge in [-0.3, -0.25) is 18.2 Å². The van der Waals surface area contributed by atoms with E-state index in [9.17, 15) is 8.42 Å². The Morgan fingerprint density at radius 2 is 1.11 bits per heavy atom. The molecule has 74 heavy (non-hydrogen) atoms. The van der Waals surface area contributed by atoms with Crippen LogP contribution in [0.1, 0.15) is 27.8 Å². The predicted molar refractivity (Wildman–Crippen MR) is 291 cm³/mol. The van der Waals surface area contributed by atoms with E-state index >= 15 is 0 Å². The van der Waals surface area contributed by atoms with Crippen molar-refractivity contribution in [3.63, 3.8) is 0 Å². The van der Waals surface area contributed by atoms with Crippen LogP contribution in [0.3, 0.4) is 0 Å². The average Bonchev–Trinajstić information content (AvgIpc) is 4.26. The Balaban J connectivity index is 0.000000143. The lowest BCUT2D eigenvalue weighted by molar-refractivity contribution is 0.122. The Labute approximate surface area is 432 Å². The number of H-pyrrole nitrogens is 1. The van der Waals surface area contributed by atoms with E-state index in [-0.39, 0.29) is 0 Å². The summed E-state index contributed by atoms with van der Waals surface area (Å²) in [7, 11) is -1.38. The summed E-state index contributed by atoms with van der Waals surface area (Å²) in [6, 6.07) is 14.9. The third kappa shape index (κ3) is 9.08. The van der Waals surface area contributed by atoms with Gasteiger partial charge in [-0.15, -0.1) is 0 Å². The molecular weight excluding hydrogens is 977 g/mol. The standard InChI is InChI=1S/C27H30N6O3S.C27H28N6O3S/c2*1-17-2-3-21-19(4-5-28-21)22(17)25-30-23-20-14-18(16-32-8-12-37(34)13-9-32)15-29-27(20)36-24(23)26(31-25)33-6-10-35-11-7-33/h2-3,14-15,28H,4-13,16H2,1H3;2-5,14-15,28H,6-13,16H2,1H3. The van der Waals surface area contributed by atoms with Crippen LogP contribution in [-0.4, -0.2) is 161 Å². The minimum Gasteiger partial charge on any atom is -0.432 e. The van der Waals surface area contributed by atoms with Crippen LogP contribution in [0.2, 0.25) is 0 Å². The van der Waals surface area contributed by atoms with Crippen LogP contribution in [0.25, 0.3) is 78.1 Å². The first-order valence-electron chi connectivity index (χ1n) is 25.7. The molecule has 0 aliphatic carbocycles. The van der Waals surface area contributed by atoms with Crippen molar-refractivity contribution in [2.24, 2.45) is 0 Å². The van der Waals surface area contributed by atoms with Gasteiger partial charge in [-0.2, -0.15) is 0 Å². The molecule has 5 aliphatic rings. The van der Waals surface area contributed by atoms with Gasteiger partial charge in [0.15, 0.2) is 34.5 Å². The summed E-state index contributed by atoms with van der Waals surface area (Å²) in [4.78, 5) is 42.3. The molecule has 0 radical (unpaired) electrons. The number of benzene rings is 2. The molecule has 14 rings (SSSR count). The van der Waals surface area contributed by atoms with Crippen molar-refractivity contribution in [3.8, 4) is 22.8 Å². The number of anilines is 3. The average molecular weight is 1040 g/mol. The first-order chi connectivity index (χ1) is 36.3.